The van der Waals surface area contributed by atoms with Crippen molar-refractivity contribution >= 4 is 33.5 Å². The van der Waals surface area contributed by atoms with Crippen molar-refractivity contribution < 1.29 is 13.9 Å². The quantitative estimate of drug-likeness (QED) is 0.174. The lowest BCUT2D eigenvalue weighted by Crippen LogP contribution is -2.28. The molecule has 0 radical (unpaired) electrons. The van der Waals surface area contributed by atoms with Gasteiger partial charge in [-0.15, -0.1) is 0 Å². The van der Waals surface area contributed by atoms with Gasteiger partial charge >= 0.3 is 0 Å². The van der Waals surface area contributed by atoms with Gasteiger partial charge in [-0.25, -0.2) is 9.37 Å². The van der Waals surface area contributed by atoms with E-state index in [1.807, 2.05) is 67.5 Å². The number of ether oxygens (including phenoxy) is 1. The number of hydrogen-bond acceptors (Lipinski definition) is 6. The molecular formula is C34H32FN7O2. The first-order valence-corrected chi connectivity index (χ1v) is 14.7. The summed E-state index contributed by atoms with van der Waals surface area (Å²) >= 11 is 0. The number of aromatic amines is 2. The molecule has 0 spiro atoms. The van der Waals surface area contributed by atoms with Crippen LogP contribution in [0, 0.1) is 11.7 Å². The number of H-pyrrole nitrogens is 2. The molecular weight excluding hydrogens is 557 g/mol. The zero-order valence-corrected chi connectivity index (χ0v) is 24.5. The van der Waals surface area contributed by atoms with Gasteiger partial charge in [0.05, 0.1) is 28.8 Å². The van der Waals surface area contributed by atoms with Crippen LogP contribution in [0.4, 0.5) is 10.1 Å². The number of pyridine rings is 2. The summed E-state index contributed by atoms with van der Waals surface area (Å²) in [5.41, 5.74) is 7.58. The molecule has 44 heavy (non-hydrogen) atoms. The predicted octanol–water partition coefficient (Wildman–Crippen LogP) is 6.65. The van der Waals surface area contributed by atoms with Crippen LogP contribution in [0.25, 0.3) is 55.7 Å². The van der Waals surface area contributed by atoms with Crippen LogP contribution in [-0.2, 0) is 4.79 Å². The molecule has 0 saturated heterocycles. The summed E-state index contributed by atoms with van der Waals surface area (Å²) in [5.74, 6) is 0.264. The van der Waals surface area contributed by atoms with Crippen molar-refractivity contribution in [1.29, 1.82) is 0 Å². The molecule has 222 valence electrons. The summed E-state index contributed by atoms with van der Waals surface area (Å²) in [4.78, 5) is 27.3. The third kappa shape index (κ3) is 5.51. The number of carbonyl (C=O) groups is 1. The van der Waals surface area contributed by atoms with E-state index in [0.717, 1.165) is 64.6 Å². The average Bonchev–Trinajstić information content (AvgIpc) is 3.59. The smallest absolute Gasteiger partial charge is 0.227 e. The molecule has 0 unspecified atom stereocenters. The molecule has 2 aromatic carbocycles. The van der Waals surface area contributed by atoms with E-state index in [9.17, 15) is 9.18 Å². The summed E-state index contributed by atoms with van der Waals surface area (Å²) < 4.78 is 20.5. The third-order valence-corrected chi connectivity index (χ3v) is 8.09. The second kappa shape index (κ2) is 11.5. The Labute approximate surface area is 253 Å². The van der Waals surface area contributed by atoms with E-state index in [1.165, 1.54) is 12.1 Å². The number of rotatable bonds is 9. The van der Waals surface area contributed by atoms with Crippen molar-refractivity contribution in [1.82, 2.24) is 30.0 Å². The van der Waals surface area contributed by atoms with Gasteiger partial charge in [-0.3, -0.25) is 14.9 Å². The lowest BCUT2D eigenvalue weighted by Gasteiger charge is -2.24. The molecule has 1 aliphatic rings. The van der Waals surface area contributed by atoms with Gasteiger partial charge in [0.2, 0.25) is 5.91 Å². The lowest BCUT2D eigenvalue weighted by atomic mass is 9.85. The highest BCUT2D eigenvalue weighted by molar-refractivity contribution is 6.00. The van der Waals surface area contributed by atoms with Crippen LogP contribution in [0.1, 0.15) is 19.3 Å². The lowest BCUT2D eigenvalue weighted by molar-refractivity contribution is -0.122. The topological polar surface area (TPSA) is 112 Å². The molecule has 1 fully saturated rings. The zero-order valence-electron chi connectivity index (χ0n) is 24.5. The normalized spacial score (nSPS) is 13.5. The van der Waals surface area contributed by atoms with Crippen molar-refractivity contribution in [3.05, 3.63) is 78.9 Å². The molecule has 4 heterocycles. The van der Waals surface area contributed by atoms with Crippen LogP contribution in [0.2, 0.25) is 0 Å². The maximum absolute atomic E-state index is 14.7. The number of amides is 1. The van der Waals surface area contributed by atoms with Gasteiger partial charge < -0.3 is 19.9 Å². The number of halogens is 1. The SMILES string of the molecule is CN(C)CCOc1cc(F)cc(-c2cccc3[nH]c(-c4n[nH]c5ccc(-c6cncc(NC(=O)C7CCC7)c6)nc45)cc23)c1. The van der Waals surface area contributed by atoms with Crippen molar-refractivity contribution in [2.75, 3.05) is 32.6 Å². The van der Waals surface area contributed by atoms with E-state index in [-0.39, 0.29) is 17.6 Å². The first-order valence-electron chi connectivity index (χ1n) is 14.7. The highest BCUT2D eigenvalue weighted by Crippen LogP contribution is 2.36. The van der Waals surface area contributed by atoms with E-state index >= 15 is 0 Å². The Morgan fingerprint density at radius 3 is 2.75 bits per heavy atom. The van der Waals surface area contributed by atoms with Gasteiger partial charge in [0, 0.05) is 41.2 Å². The van der Waals surface area contributed by atoms with Gasteiger partial charge in [-0.05, 0) is 80.5 Å². The van der Waals surface area contributed by atoms with Crippen molar-refractivity contribution in [3.8, 4) is 39.5 Å². The van der Waals surface area contributed by atoms with Crippen LogP contribution in [-0.4, -0.2) is 63.2 Å². The van der Waals surface area contributed by atoms with Crippen molar-refractivity contribution in [2.45, 2.75) is 19.3 Å². The van der Waals surface area contributed by atoms with Crippen LogP contribution in [0.15, 0.2) is 73.1 Å². The number of anilines is 1. The number of aromatic nitrogens is 5. The first kappa shape index (κ1) is 27.7. The first-order chi connectivity index (χ1) is 21.4. The number of nitrogens with zero attached hydrogens (tertiary/aromatic N) is 4. The van der Waals surface area contributed by atoms with E-state index in [2.05, 4.69) is 25.5 Å². The Balaban J connectivity index is 1.21. The van der Waals surface area contributed by atoms with E-state index in [1.54, 1.807) is 12.4 Å². The molecule has 1 aliphatic carbocycles. The van der Waals surface area contributed by atoms with Crippen LogP contribution < -0.4 is 10.1 Å². The standard InChI is InChI=1S/C34H32FN7O2/c1-42(2)11-12-44-25-15-21(13-23(35)16-25)26-7-4-8-29-27(26)17-31(38-29)33-32-30(40-41-33)10-9-28(39-32)22-14-24(19-36-18-22)37-34(43)20-5-3-6-20/h4,7-10,13-20,38H,3,5-6,11-12H2,1-2H3,(H,37,43)(H,40,41). The largest absolute Gasteiger partial charge is 0.492 e. The molecule has 0 bridgehead atoms. The summed E-state index contributed by atoms with van der Waals surface area (Å²) in [6.45, 7) is 1.19. The van der Waals surface area contributed by atoms with Gasteiger partial charge in [-0.1, -0.05) is 18.6 Å². The predicted molar refractivity (Wildman–Crippen MR) is 170 cm³/mol. The fraction of sp³-hybridized carbons (Fsp3) is 0.235. The maximum atomic E-state index is 14.7. The molecule has 0 aliphatic heterocycles. The molecule has 4 aromatic heterocycles. The minimum absolute atomic E-state index is 0.0419. The van der Waals surface area contributed by atoms with Gasteiger partial charge in [-0.2, -0.15) is 5.10 Å². The Hall–Kier alpha value is -5.09. The fourth-order valence-corrected chi connectivity index (χ4v) is 5.49. The Kier molecular flexibility index (Phi) is 7.27. The number of nitrogens with one attached hydrogen (secondary N) is 3. The minimum Gasteiger partial charge on any atom is -0.492 e. The fourth-order valence-electron chi connectivity index (χ4n) is 5.49. The molecule has 1 amide bonds. The molecule has 10 heteroatoms. The van der Waals surface area contributed by atoms with Gasteiger partial charge in [0.25, 0.3) is 0 Å². The molecule has 7 rings (SSSR count). The maximum Gasteiger partial charge on any atom is 0.227 e. The van der Waals surface area contributed by atoms with E-state index in [0.29, 0.717) is 34.9 Å². The summed E-state index contributed by atoms with van der Waals surface area (Å²) in [6, 6.07) is 18.5. The van der Waals surface area contributed by atoms with Crippen molar-refractivity contribution in [2.24, 2.45) is 5.92 Å². The summed E-state index contributed by atoms with van der Waals surface area (Å²) in [5, 5.41) is 11.6. The minimum atomic E-state index is -0.355. The Bertz CT molecular complexity index is 1990. The highest BCUT2D eigenvalue weighted by atomic mass is 19.1. The van der Waals surface area contributed by atoms with E-state index in [4.69, 9.17) is 9.72 Å². The third-order valence-electron chi connectivity index (χ3n) is 8.09. The average molecular weight is 590 g/mol. The molecule has 0 atom stereocenters. The number of fused-ring (bicyclic) bond motifs is 2. The number of carbonyl (C=O) groups excluding carboxylic acids is 1. The van der Waals surface area contributed by atoms with Crippen molar-refractivity contribution in [3.63, 3.8) is 0 Å². The molecule has 3 N–H and O–H groups in total. The summed E-state index contributed by atoms with van der Waals surface area (Å²) in [7, 11) is 3.94. The molecule has 1 saturated carbocycles. The molecule has 6 aromatic rings. The Morgan fingerprint density at radius 2 is 1.93 bits per heavy atom. The van der Waals surface area contributed by atoms with Gasteiger partial charge in [0.1, 0.15) is 29.4 Å². The molecule has 9 nitrogen and oxygen atoms in total. The van der Waals surface area contributed by atoms with Gasteiger partial charge in [0.15, 0.2) is 0 Å². The Morgan fingerprint density at radius 1 is 1.05 bits per heavy atom. The highest BCUT2D eigenvalue weighted by Gasteiger charge is 2.25. The second-order valence-electron chi connectivity index (χ2n) is 11.5. The summed E-state index contributed by atoms with van der Waals surface area (Å²) in [6.07, 6.45) is 6.36. The number of benzene rings is 2. The monoisotopic (exact) mass is 589 g/mol. The number of hydrogen-bond donors (Lipinski definition) is 3. The van der Waals surface area contributed by atoms with Crippen LogP contribution in [0.5, 0.6) is 5.75 Å². The number of likely N-dealkylation sites (N-methyl/N-ethyl adjacent to an activating group) is 1. The van der Waals surface area contributed by atoms with Crippen LogP contribution in [0.3, 0.4) is 0 Å². The second-order valence-corrected chi connectivity index (χ2v) is 11.5. The van der Waals surface area contributed by atoms with E-state index < -0.39 is 0 Å². The van der Waals surface area contributed by atoms with Crippen LogP contribution >= 0.6 is 0 Å². The zero-order chi connectivity index (χ0) is 30.2.